The van der Waals surface area contributed by atoms with Crippen LogP contribution in [-0.4, -0.2) is 26.9 Å². The minimum Gasteiger partial charge on any atom is -0.480 e. The van der Waals surface area contributed by atoms with E-state index in [-0.39, 0.29) is 6.42 Å². The van der Waals surface area contributed by atoms with Crippen LogP contribution in [-0.2, 0) is 18.3 Å². The number of carbonyl (C=O) groups is 1. The summed E-state index contributed by atoms with van der Waals surface area (Å²) in [5.41, 5.74) is 7.21. The van der Waals surface area contributed by atoms with Crippen molar-refractivity contribution in [2.24, 2.45) is 12.8 Å². The number of aliphatic carboxylic acids is 1. The molecular formula is C11H13N3O2. The highest BCUT2D eigenvalue weighted by Gasteiger charge is 2.16. The molecule has 0 spiro atoms. The molecule has 0 fully saturated rings. The highest BCUT2D eigenvalue weighted by molar-refractivity contribution is 5.83. The Bertz CT molecular complexity index is 533. The number of carboxylic acids is 1. The fraction of sp³-hybridized carbons (Fsp3) is 0.273. The molecule has 0 aliphatic heterocycles. The highest BCUT2D eigenvalue weighted by atomic mass is 16.4. The molecule has 1 aromatic heterocycles. The van der Waals surface area contributed by atoms with Crippen molar-refractivity contribution in [3.63, 3.8) is 0 Å². The molecule has 0 bridgehead atoms. The zero-order chi connectivity index (χ0) is 11.7. The number of nitrogens with zero attached hydrogens (tertiary/aromatic N) is 2. The minimum atomic E-state index is -1.00. The maximum atomic E-state index is 10.7. The third kappa shape index (κ3) is 1.77. The summed E-state index contributed by atoms with van der Waals surface area (Å²) in [4.78, 5) is 10.7. The van der Waals surface area contributed by atoms with Crippen LogP contribution in [0, 0.1) is 0 Å². The molecule has 0 aliphatic carbocycles. The van der Waals surface area contributed by atoms with Gasteiger partial charge in [-0.3, -0.25) is 9.48 Å². The standard InChI is InChI=1S/C11H13N3O2/c1-14-10-5-3-2-4-7(10)9(13-14)6-8(12)11(15)16/h2-5,8H,6,12H2,1H3,(H,15,16)/t8-/m0/s1. The van der Waals surface area contributed by atoms with Crippen LogP contribution in [0.25, 0.3) is 10.9 Å². The van der Waals surface area contributed by atoms with Crippen molar-refractivity contribution in [2.75, 3.05) is 0 Å². The second-order valence-corrected chi connectivity index (χ2v) is 3.74. The molecule has 0 aliphatic rings. The van der Waals surface area contributed by atoms with Crippen LogP contribution >= 0.6 is 0 Å². The van der Waals surface area contributed by atoms with Crippen LogP contribution < -0.4 is 5.73 Å². The second-order valence-electron chi connectivity index (χ2n) is 3.74. The minimum absolute atomic E-state index is 0.247. The number of nitrogens with two attached hydrogens (primary N) is 1. The van der Waals surface area contributed by atoms with Gasteiger partial charge in [-0.1, -0.05) is 18.2 Å². The van der Waals surface area contributed by atoms with Gasteiger partial charge in [0, 0.05) is 18.9 Å². The Morgan fingerprint density at radius 2 is 2.25 bits per heavy atom. The van der Waals surface area contributed by atoms with E-state index < -0.39 is 12.0 Å². The van der Waals surface area contributed by atoms with E-state index in [1.54, 1.807) is 4.68 Å². The molecular weight excluding hydrogens is 206 g/mol. The summed E-state index contributed by atoms with van der Waals surface area (Å²) in [6.07, 6.45) is 0.247. The average Bonchev–Trinajstić information content (AvgIpc) is 2.57. The van der Waals surface area contributed by atoms with Gasteiger partial charge < -0.3 is 10.8 Å². The topological polar surface area (TPSA) is 81.1 Å². The molecule has 0 unspecified atom stereocenters. The molecule has 0 radical (unpaired) electrons. The molecule has 0 saturated carbocycles. The Morgan fingerprint density at radius 3 is 2.94 bits per heavy atom. The molecule has 16 heavy (non-hydrogen) atoms. The SMILES string of the molecule is Cn1nc(C[C@H](N)C(=O)O)c2ccccc21. The van der Waals surface area contributed by atoms with E-state index in [2.05, 4.69) is 5.10 Å². The van der Waals surface area contributed by atoms with Gasteiger partial charge >= 0.3 is 5.97 Å². The lowest BCUT2D eigenvalue weighted by molar-refractivity contribution is -0.138. The maximum absolute atomic E-state index is 10.7. The molecule has 1 aromatic carbocycles. The van der Waals surface area contributed by atoms with Crippen LogP contribution in [0.3, 0.4) is 0 Å². The number of aryl methyl sites for hydroxylation is 1. The third-order valence-electron chi connectivity index (χ3n) is 2.56. The number of fused-ring (bicyclic) bond motifs is 1. The van der Waals surface area contributed by atoms with Gasteiger partial charge in [0.05, 0.1) is 11.2 Å². The lowest BCUT2D eigenvalue weighted by atomic mass is 10.1. The van der Waals surface area contributed by atoms with Gasteiger partial charge in [-0.25, -0.2) is 0 Å². The lowest BCUT2D eigenvalue weighted by Gasteiger charge is -2.03. The van der Waals surface area contributed by atoms with E-state index in [0.717, 1.165) is 16.6 Å². The van der Waals surface area contributed by atoms with Crippen molar-refractivity contribution >= 4 is 16.9 Å². The van der Waals surface area contributed by atoms with E-state index in [0.29, 0.717) is 0 Å². The average molecular weight is 219 g/mol. The molecule has 2 rings (SSSR count). The van der Waals surface area contributed by atoms with Crippen LogP contribution in [0.5, 0.6) is 0 Å². The van der Waals surface area contributed by atoms with Crippen molar-refractivity contribution in [1.29, 1.82) is 0 Å². The molecule has 0 saturated heterocycles. The number of aromatic nitrogens is 2. The number of rotatable bonds is 3. The van der Waals surface area contributed by atoms with Crippen molar-refractivity contribution in [2.45, 2.75) is 12.5 Å². The van der Waals surface area contributed by atoms with E-state index in [9.17, 15) is 4.79 Å². The summed E-state index contributed by atoms with van der Waals surface area (Å²) in [6.45, 7) is 0. The molecule has 5 nitrogen and oxygen atoms in total. The van der Waals surface area contributed by atoms with E-state index in [1.807, 2.05) is 31.3 Å². The molecule has 1 atom stereocenters. The maximum Gasteiger partial charge on any atom is 0.320 e. The number of benzene rings is 1. The summed E-state index contributed by atoms with van der Waals surface area (Å²) in [5.74, 6) is -1.00. The Hall–Kier alpha value is -1.88. The van der Waals surface area contributed by atoms with E-state index in [4.69, 9.17) is 10.8 Å². The molecule has 1 heterocycles. The normalized spacial score (nSPS) is 12.9. The van der Waals surface area contributed by atoms with Crippen molar-refractivity contribution in [3.05, 3.63) is 30.0 Å². The predicted molar refractivity (Wildman–Crippen MR) is 60.0 cm³/mol. The van der Waals surface area contributed by atoms with Crippen LogP contribution in [0.1, 0.15) is 5.69 Å². The summed E-state index contributed by atoms with van der Waals surface area (Å²) >= 11 is 0. The molecule has 2 aromatic rings. The fourth-order valence-corrected chi connectivity index (χ4v) is 1.74. The predicted octanol–water partition coefficient (Wildman–Crippen LogP) is 0.528. The Kier molecular flexibility index (Phi) is 2.62. The van der Waals surface area contributed by atoms with Crippen LogP contribution in [0.4, 0.5) is 0 Å². The van der Waals surface area contributed by atoms with Gasteiger partial charge in [0.1, 0.15) is 6.04 Å². The molecule has 0 amide bonds. The number of hydrogen-bond acceptors (Lipinski definition) is 3. The summed E-state index contributed by atoms with van der Waals surface area (Å²) in [7, 11) is 1.83. The first kappa shape index (κ1) is 10.6. The highest BCUT2D eigenvalue weighted by Crippen LogP contribution is 2.18. The Labute approximate surface area is 92.5 Å². The third-order valence-corrected chi connectivity index (χ3v) is 2.56. The van der Waals surface area contributed by atoms with Crippen LogP contribution in [0.15, 0.2) is 24.3 Å². The van der Waals surface area contributed by atoms with Crippen LogP contribution in [0.2, 0.25) is 0 Å². The van der Waals surface area contributed by atoms with Crippen molar-refractivity contribution in [1.82, 2.24) is 9.78 Å². The van der Waals surface area contributed by atoms with Gasteiger partial charge in [-0.2, -0.15) is 5.10 Å². The van der Waals surface area contributed by atoms with Crippen molar-refractivity contribution < 1.29 is 9.90 Å². The van der Waals surface area contributed by atoms with E-state index >= 15 is 0 Å². The number of para-hydroxylation sites is 1. The van der Waals surface area contributed by atoms with E-state index in [1.165, 1.54) is 0 Å². The van der Waals surface area contributed by atoms with Gasteiger partial charge in [0.2, 0.25) is 0 Å². The second kappa shape index (κ2) is 3.94. The first-order chi connectivity index (χ1) is 7.59. The molecule has 84 valence electrons. The summed E-state index contributed by atoms with van der Waals surface area (Å²) in [6, 6.07) is 6.79. The summed E-state index contributed by atoms with van der Waals surface area (Å²) in [5, 5.41) is 14.0. The quantitative estimate of drug-likeness (QED) is 0.788. The fourth-order valence-electron chi connectivity index (χ4n) is 1.74. The van der Waals surface area contributed by atoms with Gasteiger partial charge in [0.25, 0.3) is 0 Å². The summed E-state index contributed by atoms with van der Waals surface area (Å²) < 4.78 is 1.74. The molecule has 3 N–H and O–H groups in total. The Balaban J connectivity index is 2.42. The zero-order valence-electron chi connectivity index (χ0n) is 8.92. The number of hydrogen-bond donors (Lipinski definition) is 2. The smallest absolute Gasteiger partial charge is 0.320 e. The lowest BCUT2D eigenvalue weighted by Crippen LogP contribution is -2.32. The Morgan fingerprint density at radius 1 is 1.56 bits per heavy atom. The number of carboxylic acid groups (broad SMARTS) is 1. The first-order valence-corrected chi connectivity index (χ1v) is 4.98. The van der Waals surface area contributed by atoms with Crippen molar-refractivity contribution in [3.8, 4) is 0 Å². The largest absolute Gasteiger partial charge is 0.480 e. The monoisotopic (exact) mass is 219 g/mol. The van der Waals surface area contributed by atoms with Gasteiger partial charge in [-0.05, 0) is 6.07 Å². The van der Waals surface area contributed by atoms with Gasteiger partial charge in [0.15, 0.2) is 0 Å². The molecule has 5 heteroatoms. The first-order valence-electron chi connectivity index (χ1n) is 4.98. The van der Waals surface area contributed by atoms with Gasteiger partial charge in [-0.15, -0.1) is 0 Å². The zero-order valence-corrected chi connectivity index (χ0v) is 8.92.